The van der Waals surface area contributed by atoms with Crippen molar-refractivity contribution in [1.82, 2.24) is 0 Å². The van der Waals surface area contributed by atoms with E-state index in [2.05, 4.69) is 12.2 Å². The molecule has 1 N–H and O–H groups in total. The van der Waals surface area contributed by atoms with Crippen LogP contribution >= 0.6 is 11.6 Å². The third-order valence-electron chi connectivity index (χ3n) is 3.43. The number of benzene rings is 1. The first kappa shape index (κ1) is 18.1. The number of unbranched alkanes of at least 4 members (excludes halogenated alkanes) is 4. The summed E-state index contributed by atoms with van der Waals surface area (Å²) < 4.78 is 38.9. The fourth-order valence-electron chi connectivity index (χ4n) is 2.27. The van der Waals surface area contributed by atoms with E-state index in [1.54, 1.807) is 0 Å². The molecule has 0 amide bonds. The molecule has 0 aliphatic heterocycles. The average molecular weight is 322 g/mol. The largest absolute Gasteiger partial charge is 0.418 e. The van der Waals surface area contributed by atoms with Gasteiger partial charge in [0.1, 0.15) is 0 Å². The average Bonchev–Trinajstić information content (AvgIpc) is 2.39. The van der Waals surface area contributed by atoms with Crippen LogP contribution < -0.4 is 5.32 Å². The van der Waals surface area contributed by atoms with Crippen molar-refractivity contribution in [3.63, 3.8) is 0 Å². The van der Waals surface area contributed by atoms with Crippen molar-refractivity contribution in [3.8, 4) is 0 Å². The molecule has 21 heavy (non-hydrogen) atoms. The summed E-state index contributed by atoms with van der Waals surface area (Å²) in [5.74, 6) is 0. The molecule has 1 unspecified atom stereocenters. The maximum absolute atomic E-state index is 13.0. The van der Waals surface area contributed by atoms with Crippen LogP contribution in [0.5, 0.6) is 0 Å². The van der Waals surface area contributed by atoms with Crippen LogP contribution in [0, 0.1) is 0 Å². The molecule has 1 nitrogen and oxygen atoms in total. The van der Waals surface area contributed by atoms with Gasteiger partial charge in [-0.15, -0.1) is 0 Å². The summed E-state index contributed by atoms with van der Waals surface area (Å²) in [6, 6.07) is 3.86. The summed E-state index contributed by atoms with van der Waals surface area (Å²) in [7, 11) is 0. The van der Waals surface area contributed by atoms with Gasteiger partial charge < -0.3 is 5.32 Å². The maximum Gasteiger partial charge on any atom is 0.418 e. The summed E-state index contributed by atoms with van der Waals surface area (Å²) in [6.07, 6.45) is 2.23. The van der Waals surface area contributed by atoms with Crippen molar-refractivity contribution < 1.29 is 13.2 Å². The zero-order valence-electron chi connectivity index (χ0n) is 12.6. The van der Waals surface area contributed by atoms with Crippen molar-refractivity contribution in [2.24, 2.45) is 0 Å². The highest BCUT2D eigenvalue weighted by Crippen LogP contribution is 2.36. The van der Waals surface area contributed by atoms with Gasteiger partial charge in [-0.1, -0.05) is 50.6 Å². The van der Waals surface area contributed by atoms with E-state index in [4.69, 9.17) is 11.6 Å². The smallest absolute Gasteiger partial charge is 0.382 e. The maximum atomic E-state index is 13.0. The molecule has 0 fully saturated rings. The van der Waals surface area contributed by atoms with Crippen LogP contribution in [0.25, 0.3) is 0 Å². The zero-order chi connectivity index (χ0) is 15.9. The van der Waals surface area contributed by atoms with Gasteiger partial charge in [-0.3, -0.25) is 0 Å². The minimum Gasteiger partial charge on any atom is -0.382 e. The Morgan fingerprint density at radius 2 is 1.81 bits per heavy atom. The van der Waals surface area contributed by atoms with Crippen molar-refractivity contribution in [2.45, 2.75) is 64.6 Å². The van der Waals surface area contributed by atoms with Crippen molar-refractivity contribution in [2.75, 3.05) is 5.32 Å². The molecular formula is C16H23ClF3N. The normalized spacial score (nSPS) is 13.2. The molecule has 0 aromatic heterocycles. The molecule has 120 valence electrons. The first-order valence-corrected chi connectivity index (χ1v) is 7.85. The van der Waals surface area contributed by atoms with Crippen molar-refractivity contribution >= 4 is 17.3 Å². The summed E-state index contributed by atoms with van der Waals surface area (Å²) in [6.45, 7) is 4.07. The zero-order valence-corrected chi connectivity index (χ0v) is 13.3. The van der Waals surface area contributed by atoms with Gasteiger partial charge in [0, 0.05) is 16.8 Å². The Bertz CT molecular complexity index is 432. The first-order valence-electron chi connectivity index (χ1n) is 7.48. The van der Waals surface area contributed by atoms with E-state index < -0.39 is 11.7 Å². The van der Waals surface area contributed by atoms with Crippen LogP contribution in [-0.2, 0) is 6.18 Å². The molecule has 0 saturated carbocycles. The van der Waals surface area contributed by atoms with Crippen LogP contribution in [0.2, 0.25) is 5.02 Å². The number of anilines is 1. The summed E-state index contributed by atoms with van der Waals surface area (Å²) >= 11 is 5.66. The minimum atomic E-state index is -4.39. The van der Waals surface area contributed by atoms with Gasteiger partial charge in [-0.05, 0) is 31.5 Å². The Balaban J connectivity index is 2.58. The van der Waals surface area contributed by atoms with Crippen LogP contribution in [0.1, 0.15) is 57.9 Å². The fourth-order valence-corrected chi connectivity index (χ4v) is 2.44. The lowest BCUT2D eigenvalue weighted by Gasteiger charge is -2.19. The van der Waals surface area contributed by atoms with Crippen LogP contribution in [-0.4, -0.2) is 6.04 Å². The first-order chi connectivity index (χ1) is 9.84. The molecular weight excluding hydrogens is 299 g/mol. The lowest BCUT2D eigenvalue weighted by atomic mass is 10.1. The molecule has 1 atom stereocenters. The number of rotatable bonds is 8. The van der Waals surface area contributed by atoms with Crippen LogP contribution in [0.3, 0.4) is 0 Å². The number of alkyl halides is 3. The Labute approximate surface area is 129 Å². The van der Waals surface area contributed by atoms with Gasteiger partial charge in [0.25, 0.3) is 0 Å². The summed E-state index contributed by atoms with van der Waals surface area (Å²) in [4.78, 5) is 0. The van der Waals surface area contributed by atoms with Gasteiger partial charge in [0.2, 0.25) is 0 Å². The van der Waals surface area contributed by atoms with Crippen LogP contribution in [0.15, 0.2) is 18.2 Å². The Morgan fingerprint density at radius 1 is 1.14 bits per heavy atom. The highest BCUT2D eigenvalue weighted by molar-refractivity contribution is 6.30. The van der Waals surface area contributed by atoms with E-state index in [0.29, 0.717) is 0 Å². The molecule has 0 saturated heterocycles. The Hall–Kier alpha value is -0.900. The van der Waals surface area contributed by atoms with E-state index in [-0.39, 0.29) is 16.8 Å². The molecule has 0 radical (unpaired) electrons. The van der Waals surface area contributed by atoms with Gasteiger partial charge in [0.15, 0.2) is 0 Å². The number of halogens is 4. The van der Waals surface area contributed by atoms with Gasteiger partial charge >= 0.3 is 6.18 Å². The van der Waals surface area contributed by atoms with Crippen LogP contribution in [0.4, 0.5) is 18.9 Å². The molecule has 0 bridgehead atoms. The predicted octanol–water partition coefficient (Wildman–Crippen LogP) is 6.52. The van der Waals surface area contributed by atoms with E-state index in [0.717, 1.165) is 25.3 Å². The molecule has 1 aromatic rings. The van der Waals surface area contributed by atoms with Crippen molar-refractivity contribution in [3.05, 3.63) is 28.8 Å². The Kier molecular flexibility index (Phi) is 7.36. The van der Waals surface area contributed by atoms with Gasteiger partial charge in [-0.25, -0.2) is 0 Å². The van der Waals surface area contributed by atoms with E-state index >= 15 is 0 Å². The molecule has 1 rings (SSSR count). The number of hydrogen-bond acceptors (Lipinski definition) is 1. The standard InChI is InChI=1S/C16H23ClF3N/c1-3-4-5-6-7-8-12(2)21-15-10-9-13(17)11-14(15)16(18,19)20/h9-12,21H,3-8H2,1-2H3. The predicted molar refractivity (Wildman–Crippen MR) is 82.9 cm³/mol. The van der Waals surface area contributed by atoms with E-state index in [1.807, 2.05) is 6.92 Å². The number of nitrogens with one attached hydrogen (secondary N) is 1. The van der Waals surface area contributed by atoms with E-state index in [1.165, 1.54) is 31.4 Å². The quantitative estimate of drug-likeness (QED) is 0.537. The molecule has 0 aliphatic rings. The monoisotopic (exact) mass is 321 g/mol. The van der Waals surface area contributed by atoms with Gasteiger partial charge in [0.05, 0.1) is 5.56 Å². The number of hydrogen-bond donors (Lipinski definition) is 1. The minimum absolute atomic E-state index is 0.00824. The summed E-state index contributed by atoms with van der Waals surface area (Å²) in [5.41, 5.74) is -0.596. The Morgan fingerprint density at radius 3 is 2.43 bits per heavy atom. The molecule has 0 aliphatic carbocycles. The molecule has 5 heteroatoms. The fraction of sp³-hybridized carbons (Fsp3) is 0.625. The molecule has 0 heterocycles. The SMILES string of the molecule is CCCCCCCC(C)Nc1ccc(Cl)cc1C(F)(F)F. The topological polar surface area (TPSA) is 12.0 Å². The molecule has 1 aromatic carbocycles. The third-order valence-corrected chi connectivity index (χ3v) is 3.66. The summed E-state index contributed by atoms with van der Waals surface area (Å²) in [5, 5.41) is 3.05. The lowest BCUT2D eigenvalue weighted by molar-refractivity contribution is -0.137. The third kappa shape index (κ3) is 6.60. The van der Waals surface area contributed by atoms with Gasteiger partial charge in [-0.2, -0.15) is 13.2 Å². The highest BCUT2D eigenvalue weighted by atomic mass is 35.5. The van der Waals surface area contributed by atoms with Crippen molar-refractivity contribution in [1.29, 1.82) is 0 Å². The highest BCUT2D eigenvalue weighted by Gasteiger charge is 2.34. The van der Waals surface area contributed by atoms with E-state index in [9.17, 15) is 13.2 Å². The second kappa shape index (κ2) is 8.52. The second-order valence-corrected chi connectivity index (χ2v) is 5.87. The second-order valence-electron chi connectivity index (χ2n) is 5.44. The molecule has 0 spiro atoms. The lowest BCUT2D eigenvalue weighted by Crippen LogP contribution is -2.18.